The second kappa shape index (κ2) is 4.30. The number of hydrogen-bond donors (Lipinski definition) is 1. The fourth-order valence-corrected chi connectivity index (χ4v) is 2.29. The fraction of sp³-hybridized carbons (Fsp3) is 0.429. The van der Waals surface area contributed by atoms with Crippen LogP contribution in [0, 0.1) is 13.8 Å². The lowest BCUT2D eigenvalue weighted by molar-refractivity contribution is 0.523. The van der Waals surface area contributed by atoms with Crippen LogP contribution in [0.25, 0.3) is 11.0 Å². The molecule has 0 amide bonds. The highest BCUT2D eigenvalue weighted by molar-refractivity contribution is 5.88. The standard InChI is InChI=1S/C14H19NO/c1-5-11-12(8-15-4)16-14-10(3)7-6-9(2)13(11)14/h6-7,15H,5,8H2,1-4H3. The van der Waals surface area contributed by atoms with Crippen molar-refractivity contribution in [3.05, 3.63) is 34.6 Å². The molecule has 1 N–H and O–H groups in total. The van der Waals surface area contributed by atoms with Gasteiger partial charge in [-0.05, 0) is 38.4 Å². The van der Waals surface area contributed by atoms with Gasteiger partial charge in [0.05, 0.1) is 6.54 Å². The van der Waals surface area contributed by atoms with E-state index in [4.69, 9.17) is 4.42 Å². The Bertz CT molecular complexity index is 511. The van der Waals surface area contributed by atoms with E-state index in [1.165, 1.54) is 22.1 Å². The third-order valence-corrected chi connectivity index (χ3v) is 3.12. The van der Waals surface area contributed by atoms with Crippen molar-refractivity contribution in [1.82, 2.24) is 5.32 Å². The number of rotatable bonds is 3. The summed E-state index contributed by atoms with van der Waals surface area (Å²) in [5.74, 6) is 1.08. The quantitative estimate of drug-likeness (QED) is 0.853. The molecule has 0 saturated carbocycles. The molecule has 0 aliphatic carbocycles. The SMILES string of the molecule is CCc1c(CNC)oc2c(C)ccc(C)c12. The van der Waals surface area contributed by atoms with Crippen LogP contribution in [0.3, 0.4) is 0 Å². The van der Waals surface area contributed by atoms with E-state index in [9.17, 15) is 0 Å². The number of fused-ring (bicyclic) bond motifs is 1. The number of nitrogens with one attached hydrogen (secondary N) is 1. The van der Waals surface area contributed by atoms with Crippen molar-refractivity contribution in [2.45, 2.75) is 33.7 Å². The summed E-state index contributed by atoms with van der Waals surface area (Å²) in [7, 11) is 1.95. The lowest BCUT2D eigenvalue weighted by Crippen LogP contribution is -2.05. The van der Waals surface area contributed by atoms with Gasteiger partial charge in [0.2, 0.25) is 0 Å². The van der Waals surface area contributed by atoms with Crippen LogP contribution in [0.2, 0.25) is 0 Å². The minimum Gasteiger partial charge on any atom is -0.459 e. The highest BCUT2D eigenvalue weighted by Gasteiger charge is 2.15. The number of hydrogen-bond acceptors (Lipinski definition) is 2. The molecule has 1 aromatic heterocycles. The minimum atomic E-state index is 0.802. The van der Waals surface area contributed by atoms with Crippen LogP contribution >= 0.6 is 0 Å². The Hall–Kier alpha value is -1.28. The summed E-state index contributed by atoms with van der Waals surface area (Å²) < 4.78 is 5.98. The van der Waals surface area contributed by atoms with Gasteiger partial charge in [-0.1, -0.05) is 19.1 Å². The van der Waals surface area contributed by atoms with Crippen molar-refractivity contribution >= 4 is 11.0 Å². The predicted octanol–water partition coefficient (Wildman–Crippen LogP) is 3.33. The molecule has 2 nitrogen and oxygen atoms in total. The summed E-state index contributed by atoms with van der Waals surface area (Å²) in [5, 5.41) is 4.48. The molecule has 1 aromatic carbocycles. The molecule has 0 spiro atoms. The molecule has 0 aliphatic heterocycles. The van der Waals surface area contributed by atoms with Gasteiger partial charge in [0.15, 0.2) is 0 Å². The largest absolute Gasteiger partial charge is 0.459 e. The van der Waals surface area contributed by atoms with Gasteiger partial charge < -0.3 is 9.73 Å². The van der Waals surface area contributed by atoms with E-state index in [2.05, 4.69) is 38.2 Å². The molecule has 1 heterocycles. The minimum absolute atomic E-state index is 0.802. The Morgan fingerprint density at radius 1 is 1.19 bits per heavy atom. The molecule has 2 heteroatoms. The Kier molecular flexibility index (Phi) is 3.01. The van der Waals surface area contributed by atoms with Crippen LogP contribution in [0.1, 0.15) is 29.4 Å². The maximum Gasteiger partial charge on any atom is 0.137 e. The van der Waals surface area contributed by atoms with Gasteiger partial charge in [-0.15, -0.1) is 0 Å². The highest BCUT2D eigenvalue weighted by Crippen LogP contribution is 2.31. The van der Waals surface area contributed by atoms with Gasteiger partial charge >= 0.3 is 0 Å². The molecule has 16 heavy (non-hydrogen) atoms. The Morgan fingerprint density at radius 3 is 2.50 bits per heavy atom. The average molecular weight is 217 g/mol. The molecular formula is C14H19NO. The van der Waals surface area contributed by atoms with Gasteiger partial charge in [-0.2, -0.15) is 0 Å². The lowest BCUT2D eigenvalue weighted by atomic mass is 10.0. The molecule has 0 radical (unpaired) electrons. The zero-order valence-electron chi connectivity index (χ0n) is 10.5. The van der Waals surface area contributed by atoms with Crippen molar-refractivity contribution in [2.75, 3.05) is 7.05 Å². The maximum absolute atomic E-state index is 5.98. The molecule has 2 rings (SSSR count). The van der Waals surface area contributed by atoms with E-state index in [0.29, 0.717) is 0 Å². The summed E-state index contributed by atoms with van der Waals surface area (Å²) in [6.07, 6.45) is 1.02. The van der Waals surface area contributed by atoms with Gasteiger partial charge in [0.25, 0.3) is 0 Å². The summed E-state index contributed by atoms with van der Waals surface area (Å²) in [6, 6.07) is 4.30. The van der Waals surface area contributed by atoms with Crippen LogP contribution in [-0.4, -0.2) is 7.05 Å². The number of furan rings is 1. The van der Waals surface area contributed by atoms with Crippen LogP contribution < -0.4 is 5.32 Å². The fourth-order valence-electron chi connectivity index (χ4n) is 2.29. The van der Waals surface area contributed by atoms with E-state index in [-0.39, 0.29) is 0 Å². The Morgan fingerprint density at radius 2 is 1.88 bits per heavy atom. The number of benzene rings is 1. The number of aryl methyl sites for hydroxylation is 3. The lowest BCUT2D eigenvalue weighted by Gasteiger charge is -2.01. The Labute approximate surface area is 96.6 Å². The molecule has 0 atom stereocenters. The van der Waals surface area contributed by atoms with Crippen LogP contribution in [0.4, 0.5) is 0 Å². The zero-order valence-corrected chi connectivity index (χ0v) is 10.5. The molecule has 86 valence electrons. The summed E-state index contributed by atoms with van der Waals surface area (Å²) in [5.41, 5.74) is 4.94. The second-order valence-corrected chi connectivity index (χ2v) is 4.29. The van der Waals surface area contributed by atoms with Crippen molar-refractivity contribution in [3.63, 3.8) is 0 Å². The maximum atomic E-state index is 5.98. The third kappa shape index (κ3) is 1.63. The Balaban J connectivity index is 2.76. The van der Waals surface area contributed by atoms with Crippen LogP contribution in [-0.2, 0) is 13.0 Å². The molecule has 2 aromatic rings. The van der Waals surface area contributed by atoms with Gasteiger partial charge in [-0.3, -0.25) is 0 Å². The first kappa shape index (κ1) is 11.2. The molecule has 0 bridgehead atoms. The van der Waals surface area contributed by atoms with E-state index >= 15 is 0 Å². The predicted molar refractivity (Wildman–Crippen MR) is 67.8 cm³/mol. The zero-order chi connectivity index (χ0) is 11.7. The first-order valence-corrected chi connectivity index (χ1v) is 5.84. The molecular weight excluding hydrogens is 198 g/mol. The van der Waals surface area contributed by atoms with E-state index < -0.39 is 0 Å². The molecule has 0 saturated heterocycles. The van der Waals surface area contributed by atoms with Crippen LogP contribution in [0.15, 0.2) is 16.5 Å². The van der Waals surface area contributed by atoms with Crippen molar-refractivity contribution in [3.8, 4) is 0 Å². The molecule has 0 fully saturated rings. The summed E-state index contributed by atoms with van der Waals surface area (Å²) in [6.45, 7) is 7.25. The molecule has 0 unspecified atom stereocenters. The first-order valence-electron chi connectivity index (χ1n) is 5.84. The van der Waals surface area contributed by atoms with Crippen molar-refractivity contribution in [1.29, 1.82) is 0 Å². The van der Waals surface area contributed by atoms with Crippen LogP contribution in [0.5, 0.6) is 0 Å². The summed E-state index contributed by atoms with van der Waals surface area (Å²) >= 11 is 0. The van der Waals surface area contributed by atoms with E-state index in [1.807, 2.05) is 7.05 Å². The van der Waals surface area contributed by atoms with Crippen molar-refractivity contribution in [2.24, 2.45) is 0 Å². The molecule has 0 aliphatic rings. The topological polar surface area (TPSA) is 25.2 Å². The average Bonchev–Trinajstić information content (AvgIpc) is 2.64. The van der Waals surface area contributed by atoms with E-state index in [1.54, 1.807) is 0 Å². The normalized spacial score (nSPS) is 11.2. The highest BCUT2D eigenvalue weighted by atomic mass is 16.3. The summed E-state index contributed by atoms with van der Waals surface area (Å²) in [4.78, 5) is 0. The monoisotopic (exact) mass is 217 g/mol. The second-order valence-electron chi connectivity index (χ2n) is 4.29. The first-order chi connectivity index (χ1) is 7.69. The van der Waals surface area contributed by atoms with Gasteiger partial charge in [-0.25, -0.2) is 0 Å². The van der Waals surface area contributed by atoms with Crippen molar-refractivity contribution < 1.29 is 4.42 Å². The van der Waals surface area contributed by atoms with Gasteiger partial charge in [0, 0.05) is 10.9 Å². The third-order valence-electron chi connectivity index (χ3n) is 3.12. The smallest absolute Gasteiger partial charge is 0.137 e. The van der Waals surface area contributed by atoms with Gasteiger partial charge in [0.1, 0.15) is 11.3 Å². The van der Waals surface area contributed by atoms with E-state index in [0.717, 1.165) is 24.3 Å².